The van der Waals surface area contributed by atoms with Gasteiger partial charge in [-0.05, 0) is 42.3 Å². The molecule has 0 radical (unpaired) electrons. The summed E-state index contributed by atoms with van der Waals surface area (Å²) in [6.45, 7) is 7.58. The average Bonchev–Trinajstić information content (AvgIpc) is 2.76. The molecule has 2 heterocycles. The van der Waals surface area contributed by atoms with Crippen LogP contribution in [0.15, 0.2) is 48.5 Å². The zero-order chi connectivity index (χ0) is 22.0. The highest BCUT2D eigenvalue weighted by molar-refractivity contribution is 5.97. The quantitative estimate of drug-likeness (QED) is 0.731. The van der Waals surface area contributed by atoms with Gasteiger partial charge in [-0.2, -0.15) is 0 Å². The molecule has 4 rings (SSSR count). The summed E-state index contributed by atoms with van der Waals surface area (Å²) < 4.78 is 13.1. The molecular formula is C25H30FN3O2. The Morgan fingerprint density at radius 2 is 1.68 bits per heavy atom. The molecule has 5 nitrogen and oxygen atoms in total. The SMILES string of the molecule is CC1(C)CC(=O)N(CCCC(=O)N2CCN(c3ccc(F)cc3)CC2)c2ccccc21. The van der Waals surface area contributed by atoms with E-state index < -0.39 is 0 Å². The topological polar surface area (TPSA) is 43.9 Å². The number of fused-ring (bicyclic) bond motifs is 1. The maximum Gasteiger partial charge on any atom is 0.227 e. The second-order valence-corrected chi connectivity index (χ2v) is 9.07. The molecule has 2 amide bonds. The lowest BCUT2D eigenvalue weighted by Gasteiger charge is -2.39. The molecule has 1 fully saturated rings. The van der Waals surface area contributed by atoms with Gasteiger partial charge in [-0.15, -0.1) is 0 Å². The summed E-state index contributed by atoms with van der Waals surface area (Å²) >= 11 is 0. The van der Waals surface area contributed by atoms with Gasteiger partial charge in [0.2, 0.25) is 11.8 Å². The molecule has 2 aliphatic heterocycles. The third-order valence-electron chi connectivity index (χ3n) is 6.41. The minimum atomic E-state index is -0.240. The Labute approximate surface area is 183 Å². The first-order valence-electron chi connectivity index (χ1n) is 11.0. The van der Waals surface area contributed by atoms with Crippen molar-refractivity contribution in [1.82, 2.24) is 4.90 Å². The Balaban J connectivity index is 1.29. The zero-order valence-corrected chi connectivity index (χ0v) is 18.3. The Kier molecular flexibility index (Phi) is 5.99. The number of amides is 2. The molecule has 0 spiro atoms. The second kappa shape index (κ2) is 8.69. The Hall–Kier alpha value is -2.89. The van der Waals surface area contributed by atoms with Gasteiger partial charge < -0.3 is 14.7 Å². The van der Waals surface area contributed by atoms with Gasteiger partial charge in [0.25, 0.3) is 0 Å². The largest absolute Gasteiger partial charge is 0.368 e. The first kappa shape index (κ1) is 21.3. The van der Waals surface area contributed by atoms with Crippen LogP contribution in [0, 0.1) is 5.82 Å². The first-order valence-corrected chi connectivity index (χ1v) is 11.0. The third-order valence-corrected chi connectivity index (χ3v) is 6.41. The highest BCUT2D eigenvalue weighted by atomic mass is 19.1. The first-order chi connectivity index (χ1) is 14.8. The summed E-state index contributed by atoms with van der Waals surface area (Å²) in [5.74, 6) is 0.0248. The van der Waals surface area contributed by atoms with Crippen LogP contribution in [0.25, 0.3) is 0 Å². The van der Waals surface area contributed by atoms with E-state index in [0.29, 0.717) is 38.9 Å². The number of nitrogens with zero attached hydrogens (tertiary/aromatic N) is 3. The van der Waals surface area contributed by atoms with E-state index in [-0.39, 0.29) is 23.0 Å². The van der Waals surface area contributed by atoms with Crippen LogP contribution in [0.3, 0.4) is 0 Å². The molecule has 6 heteroatoms. The number of benzene rings is 2. The number of carbonyl (C=O) groups excluding carboxylic acids is 2. The van der Waals surface area contributed by atoms with E-state index in [1.165, 1.54) is 17.7 Å². The van der Waals surface area contributed by atoms with E-state index in [0.717, 1.165) is 24.5 Å². The molecule has 0 unspecified atom stereocenters. The van der Waals surface area contributed by atoms with Crippen molar-refractivity contribution in [2.45, 2.75) is 38.5 Å². The van der Waals surface area contributed by atoms with Gasteiger partial charge in [0.1, 0.15) is 5.82 Å². The number of carbonyl (C=O) groups is 2. The number of piperazine rings is 1. The third kappa shape index (κ3) is 4.58. The average molecular weight is 424 g/mol. The van der Waals surface area contributed by atoms with Crippen LogP contribution in [0.2, 0.25) is 0 Å². The van der Waals surface area contributed by atoms with E-state index in [9.17, 15) is 14.0 Å². The molecule has 2 aliphatic rings. The fourth-order valence-electron chi connectivity index (χ4n) is 4.64. The van der Waals surface area contributed by atoms with Crippen LogP contribution in [-0.2, 0) is 15.0 Å². The van der Waals surface area contributed by atoms with E-state index in [1.807, 2.05) is 28.0 Å². The zero-order valence-electron chi connectivity index (χ0n) is 18.3. The minimum Gasteiger partial charge on any atom is -0.368 e. The van der Waals surface area contributed by atoms with Gasteiger partial charge in [-0.25, -0.2) is 4.39 Å². The number of para-hydroxylation sites is 1. The molecule has 0 saturated carbocycles. The Morgan fingerprint density at radius 3 is 2.39 bits per heavy atom. The van der Waals surface area contributed by atoms with Crippen molar-refractivity contribution < 1.29 is 14.0 Å². The number of hydrogen-bond acceptors (Lipinski definition) is 3. The summed E-state index contributed by atoms with van der Waals surface area (Å²) in [6, 6.07) is 14.6. The van der Waals surface area contributed by atoms with Gasteiger partial charge in [0, 0.05) is 62.4 Å². The van der Waals surface area contributed by atoms with Gasteiger partial charge in [0.15, 0.2) is 0 Å². The monoisotopic (exact) mass is 423 g/mol. The maximum absolute atomic E-state index is 13.1. The minimum absolute atomic E-state index is 0.129. The van der Waals surface area contributed by atoms with Crippen LogP contribution < -0.4 is 9.80 Å². The number of rotatable bonds is 5. The van der Waals surface area contributed by atoms with Crippen molar-refractivity contribution in [2.24, 2.45) is 0 Å². The van der Waals surface area contributed by atoms with Crippen molar-refractivity contribution in [2.75, 3.05) is 42.5 Å². The van der Waals surface area contributed by atoms with Crippen LogP contribution >= 0.6 is 0 Å². The van der Waals surface area contributed by atoms with Crippen molar-refractivity contribution in [3.63, 3.8) is 0 Å². The lowest BCUT2D eigenvalue weighted by molar-refractivity contribution is -0.131. The number of anilines is 2. The molecule has 0 aliphatic carbocycles. The highest BCUT2D eigenvalue weighted by Gasteiger charge is 2.36. The van der Waals surface area contributed by atoms with Gasteiger partial charge in [-0.1, -0.05) is 32.0 Å². The normalized spacial score (nSPS) is 18.2. The molecule has 1 saturated heterocycles. The van der Waals surface area contributed by atoms with E-state index in [4.69, 9.17) is 0 Å². The van der Waals surface area contributed by atoms with E-state index >= 15 is 0 Å². The molecule has 164 valence electrons. The van der Waals surface area contributed by atoms with E-state index in [2.05, 4.69) is 24.8 Å². The summed E-state index contributed by atoms with van der Waals surface area (Å²) in [5, 5.41) is 0. The molecular weight excluding hydrogens is 393 g/mol. The Morgan fingerprint density at radius 1 is 1.00 bits per heavy atom. The lowest BCUT2D eigenvalue weighted by Crippen LogP contribution is -2.49. The molecule has 0 bridgehead atoms. The van der Waals surface area contributed by atoms with Crippen LogP contribution in [0.1, 0.15) is 38.7 Å². The fraction of sp³-hybridized carbons (Fsp3) is 0.440. The van der Waals surface area contributed by atoms with Gasteiger partial charge in [0.05, 0.1) is 0 Å². The standard InChI is InChI=1S/C25H30FN3O2/c1-25(2)18-24(31)29(22-7-4-3-6-21(22)25)13-5-8-23(30)28-16-14-27(15-17-28)20-11-9-19(26)10-12-20/h3-4,6-7,9-12H,5,8,13-18H2,1-2H3. The molecule has 0 N–H and O–H groups in total. The molecule has 31 heavy (non-hydrogen) atoms. The highest BCUT2D eigenvalue weighted by Crippen LogP contribution is 2.40. The molecule has 0 aromatic heterocycles. The van der Waals surface area contributed by atoms with Crippen molar-refractivity contribution in [3.05, 3.63) is 59.9 Å². The summed E-state index contributed by atoms with van der Waals surface area (Å²) in [4.78, 5) is 31.4. The van der Waals surface area contributed by atoms with Gasteiger partial charge in [-0.3, -0.25) is 9.59 Å². The summed E-state index contributed by atoms with van der Waals surface area (Å²) in [7, 11) is 0. The number of halogens is 1. The second-order valence-electron chi connectivity index (χ2n) is 9.07. The lowest BCUT2D eigenvalue weighted by atomic mass is 9.77. The summed E-state index contributed by atoms with van der Waals surface area (Å²) in [6.07, 6.45) is 1.58. The summed E-state index contributed by atoms with van der Waals surface area (Å²) in [5.41, 5.74) is 2.99. The predicted molar refractivity (Wildman–Crippen MR) is 121 cm³/mol. The van der Waals surface area contributed by atoms with Crippen LogP contribution in [0.5, 0.6) is 0 Å². The van der Waals surface area contributed by atoms with E-state index in [1.54, 1.807) is 12.1 Å². The Bertz CT molecular complexity index is 949. The molecule has 2 aromatic carbocycles. The number of hydrogen-bond donors (Lipinski definition) is 0. The molecule has 0 atom stereocenters. The van der Waals surface area contributed by atoms with Gasteiger partial charge >= 0.3 is 0 Å². The van der Waals surface area contributed by atoms with Crippen LogP contribution in [-0.4, -0.2) is 49.4 Å². The van der Waals surface area contributed by atoms with Crippen molar-refractivity contribution in [3.8, 4) is 0 Å². The molecule has 2 aromatic rings. The fourth-order valence-corrected chi connectivity index (χ4v) is 4.64. The predicted octanol–water partition coefficient (Wildman–Crippen LogP) is 3.97. The van der Waals surface area contributed by atoms with Crippen LogP contribution in [0.4, 0.5) is 15.8 Å². The maximum atomic E-state index is 13.1. The van der Waals surface area contributed by atoms with Crippen molar-refractivity contribution in [1.29, 1.82) is 0 Å². The van der Waals surface area contributed by atoms with Crippen molar-refractivity contribution >= 4 is 23.2 Å². The smallest absolute Gasteiger partial charge is 0.227 e.